The van der Waals surface area contributed by atoms with Crippen molar-refractivity contribution < 1.29 is 4.74 Å². The fraction of sp³-hybridized carbons (Fsp3) is 0.444. The summed E-state index contributed by atoms with van der Waals surface area (Å²) in [6, 6.07) is 8.44. The van der Waals surface area contributed by atoms with E-state index in [1.165, 1.54) is 10.4 Å². The van der Waals surface area contributed by atoms with E-state index in [0.29, 0.717) is 0 Å². The number of aryl methyl sites for hydroxylation is 1. The Morgan fingerprint density at radius 3 is 3.08 bits per heavy atom. The molecule has 0 spiro atoms. The molecule has 1 unspecified atom stereocenters. The molecule has 2 N–H and O–H groups in total. The lowest BCUT2D eigenvalue weighted by atomic mass is 10.0. The number of ether oxygens (including phenoxy) is 1. The topological polar surface area (TPSA) is 58.5 Å². The van der Waals surface area contributed by atoms with E-state index in [-0.39, 0.29) is 6.04 Å². The summed E-state index contributed by atoms with van der Waals surface area (Å²) in [4.78, 5) is 10.3. The number of guanidine groups is 1. The average Bonchev–Trinajstić information content (AvgIpc) is 3.01. The van der Waals surface area contributed by atoms with Crippen LogP contribution in [0.3, 0.4) is 0 Å². The van der Waals surface area contributed by atoms with Crippen LogP contribution in [0.5, 0.6) is 5.75 Å². The second-order valence-corrected chi connectivity index (χ2v) is 7.07. The van der Waals surface area contributed by atoms with E-state index in [9.17, 15) is 0 Å². The minimum atomic E-state index is 0.231. The molecule has 1 aliphatic rings. The van der Waals surface area contributed by atoms with E-state index in [1.54, 1.807) is 11.3 Å². The first-order valence-corrected chi connectivity index (χ1v) is 9.26. The number of aromatic nitrogens is 1. The molecule has 0 saturated heterocycles. The molecule has 0 bridgehead atoms. The van der Waals surface area contributed by atoms with E-state index in [2.05, 4.69) is 41.6 Å². The average molecular weight is 344 g/mol. The van der Waals surface area contributed by atoms with Crippen LogP contribution < -0.4 is 15.4 Å². The monoisotopic (exact) mass is 344 g/mol. The van der Waals surface area contributed by atoms with Gasteiger partial charge in [0.2, 0.25) is 0 Å². The summed E-state index contributed by atoms with van der Waals surface area (Å²) in [7, 11) is 0. The van der Waals surface area contributed by atoms with E-state index in [4.69, 9.17) is 9.73 Å². The van der Waals surface area contributed by atoms with Crippen LogP contribution >= 0.6 is 11.3 Å². The standard InChI is InChI=1S/C18H24N4OS/c1-3-19-18(20-10-8-17-21-12-13(2)24-17)22-15-9-11-23-16-7-5-4-6-14(15)16/h4-7,12,15H,3,8-11H2,1-2H3,(H2,19,20,22). The molecular formula is C18H24N4OS. The molecule has 0 radical (unpaired) electrons. The number of aliphatic imine (C=N–C) groups is 1. The smallest absolute Gasteiger partial charge is 0.191 e. The molecule has 1 aromatic carbocycles. The third kappa shape index (κ3) is 4.26. The van der Waals surface area contributed by atoms with Gasteiger partial charge in [-0.15, -0.1) is 11.3 Å². The first-order chi connectivity index (χ1) is 11.8. The van der Waals surface area contributed by atoms with Crippen LogP contribution in [0, 0.1) is 6.92 Å². The molecule has 0 amide bonds. The third-order valence-electron chi connectivity index (χ3n) is 3.88. The molecule has 2 aromatic rings. The molecule has 5 nitrogen and oxygen atoms in total. The molecule has 24 heavy (non-hydrogen) atoms. The van der Waals surface area contributed by atoms with Gasteiger partial charge in [0.25, 0.3) is 0 Å². The van der Waals surface area contributed by atoms with Gasteiger partial charge in [0.1, 0.15) is 5.75 Å². The van der Waals surface area contributed by atoms with E-state index < -0.39 is 0 Å². The molecule has 0 aliphatic carbocycles. The number of nitrogens with one attached hydrogen (secondary N) is 2. The molecule has 1 atom stereocenters. The zero-order chi connectivity index (χ0) is 16.8. The number of para-hydroxylation sites is 1. The lowest BCUT2D eigenvalue weighted by Gasteiger charge is -2.28. The summed E-state index contributed by atoms with van der Waals surface area (Å²) in [5.74, 6) is 1.82. The Bertz CT molecular complexity index is 698. The Balaban J connectivity index is 1.64. The fourth-order valence-corrected chi connectivity index (χ4v) is 3.53. The van der Waals surface area contributed by atoms with Crippen LogP contribution in [-0.4, -0.2) is 30.6 Å². The highest BCUT2D eigenvalue weighted by Crippen LogP contribution is 2.31. The van der Waals surface area contributed by atoms with Crippen molar-refractivity contribution in [1.82, 2.24) is 15.6 Å². The predicted octanol–water partition coefficient (Wildman–Crippen LogP) is 3.07. The molecule has 1 aromatic heterocycles. The van der Waals surface area contributed by atoms with Crippen LogP contribution in [0.15, 0.2) is 35.5 Å². The van der Waals surface area contributed by atoms with Gasteiger partial charge in [0, 0.05) is 42.6 Å². The quantitative estimate of drug-likeness (QED) is 0.646. The second-order valence-electron chi connectivity index (χ2n) is 5.75. The van der Waals surface area contributed by atoms with Gasteiger partial charge in [-0.25, -0.2) is 4.98 Å². The minimum Gasteiger partial charge on any atom is -0.493 e. The van der Waals surface area contributed by atoms with Crippen molar-refractivity contribution in [2.75, 3.05) is 19.7 Å². The number of hydrogen-bond donors (Lipinski definition) is 2. The Hall–Kier alpha value is -2.08. The summed E-state index contributed by atoms with van der Waals surface area (Å²) in [5, 5.41) is 8.02. The number of nitrogens with zero attached hydrogens (tertiary/aromatic N) is 2. The molecule has 1 aliphatic heterocycles. The van der Waals surface area contributed by atoms with Crippen molar-refractivity contribution in [1.29, 1.82) is 0 Å². The number of fused-ring (bicyclic) bond motifs is 1. The van der Waals surface area contributed by atoms with Crippen LogP contribution in [-0.2, 0) is 6.42 Å². The number of benzene rings is 1. The van der Waals surface area contributed by atoms with Crippen molar-refractivity contribution in [3.63, 3.8) is 0 Å². The molecule has 3 rings (SSSR count). The highest BCUT2D eigenvalue weighted by Gasteiger charge is 2.21. The SMILES string of the molecule is CCNC(=NCCc1ncc(C)s1)NC1CCOc2ccccc21. The maximum atomic E-state index is 5.73. The van der Waals surface area contributed by atoms with Crippen molar-refractivity contribution in [3.8, 4) is 5.75 Å². The van der Waals surface area contributed by atoms with Gasteiger partial charge in [-0.1, -0.05) is 18.2 Å². The summed E-state index contributed by atoms with van der Waals surface area (Å²) >= 11 is 1.74. The zero-order valence-corrected chi connectivity index (χ0v) is 15.0. The minimum absolute atomic E-state index is 0.231. The number of thiazole rings is 1. The third-order valence-corrected chi connectivity index (χ3v) is 4.85. The molecule has 6 heteroatoms. The number of hydrogen-bond acceptors (Lipinski definition) is 4. The Morgan fingerprint density at radius 1 is 1.42 bits per heavy atom. The maximum Gasteiger partial charge on any atom is 0.191 e. The maximum absolute atomic E-state index is 5.73. The number of rotatable bonds is 5. The van der Waals surface area contributed by atoms with Gasteiger partial charge in [0.05, 0.1) is 17.7 Å². The lowest BCUT2D eigenvalue weighted by Crippen LogP contribution is -2.41. The highest BCUT2D eigenvalue weighted by atomic mass is 32.1. The lowest BCUT2D eigenvalue weighted by molar-refractivity contribution is 0.261. The van der Waals surface area contributed by atoms with Gasteiger partial charge in [-0.2, -0.15) is 0 Å². The second kappa shape index (κ2) is 8.15. The van der Waals surface area contributed by atoms with Gasteiger partial charge in [-0.3, -0.25) is 4.99 Å². The van der Waals surface area contributed by atoms with E-state index >= 15 is 0 Å². The summed E-state index contributed by atoms with van der Waals surface area (Å²) in [6.07, 6.45) is 3.73. The molecule has 2 heterocycles. The van der Waals surface area contributed by atoms with Crippen LogP contribution in [0.4, 0.5) is 0 Å². The van der Waals surface area contributed by atoms with Crippen molar-refractivity contribution in [3.05, 3.63) is 45.9 Å². The molecule has 0 saturated carbocycles. The molecular weight excluding hydrogens is 320 g/mol. The Kier molecular flexibility index (Phi) is 5.69. The van der Waals surface area contributed by atoms with Gasteiger partial charge >= 0.3 is 0 Å². The van der Waals surface area contributed by atoms with E-state index in [1.807, 2.05) is 18.3 Å². The normalized spacial score (nSPS) is 17.1. The largest absolute Gasteiger partial charge is 0.493 e. The molecule has 128 valence electrons. The zero-order valence-electron chi connectivity index (χ0n) is 14.2. The van der Waals surface area contributed by atoms with Crippen molar-refractivity contribution in [2.45, 2.75) is 32.7 Å². The summed E-state index contributed by atoms with van der Waals surface area (Å²) in [5.41, 5.74) is 1.20. The van der Waals surface area contributed by atoms with Gasteiger partial charge < -0.3 is 15.4 Å². The highest BCUT2D eigenvalue weighted by molar-refractivity contribution is 7.11. The Labute approximate surface area is 147 Å². The van der Waals surface area contributed by atoms with Crippen LogP contribution in [0.25, 0.3) is 0 Å². The first-order valence-electron chi connectivity index (χ1n) is 8.44. The summed E-state index contributed by atoms with van der Waals surface area (Å²) in [6.45, 7) is 6.46. The van der Waals surface area contributed by atoms with Gasteiger partial charge in [0.15, 0.2) is 5.96 Å². The molecule has 0 fully saturated rings. The summed E-state index contributed by atoms with van der Waals surface area (Å²) < 4.78 is 5.73. The van der Waals surface area contributed by atoms with Crippen molar-refractivity contribution >= 4 is 17.3 Å². The van der Waals surface area contributed by atoms with Crippen molar-refractivity contribution in [2.24, 2.45) is 4.99 Å². The van der Waals surface area contributed by atoms with Crippen LogP contribution in [0.2, 0.25) is 0 Å². The fourth-order valence-electron chi connectivity index (χ4n) is 2.76. The van der Waals surface area contributed by atoms with Crippen LogP contribution in [0.1, 0.15) is 34.8 Å². The van der Waals surface area contributed by atoms with E-state index in [0.717, 1.165) is 49.3 Å². The Morgan fingerprint density at radius 2 is 2.29 bits per heavy atom. The van der Waals surface area contributed by atoms with Gasteiger partial charge in [-0.05, 0) is 19.9 Å². The predicted molar refractivity (Wildman–Crippen MR) is 99.0 cm³/mol. The first kappa shape index (κ1) is 16.8.